The summed E-state index contributed by atoms with van der Waals surface area (Å²) in [5.74, 6) is 0.435. The highest BCUT2D eigenvalue weighted by Gasteiger charge is 2.49. The molecule has 1 unspecified atom stereocenters. The molecule has 2 nitrogen and oxygen atoms in total. The van der Waals surface area contributed by atoms with Gasteiger partial charge in [-0.2, -0.15) is 0 Å². The third-order valence-corrected chi connectivity index (χ3v) is 3.93. The van der Waals surface area contributed by atoms with Crippen LogP contribution in [0.4, 0.5) is 0 Å². The first-order chi connectivity index (χ1) is 7.21. The van der Waals surface area contributed by atoms with Crippen molar-refractivity contribution in [2.45, 2.75) is 51.0 Å². The van der Waals surface area contributed by atoms with Crippen molar-refractivity contribution < 1.29 is 4.79 Å². The SMILES string of the molecule is C=C1CCCC(=O)C12CCCN2CCC. The summed E-state index contributed by atoms with van der Waals surface area (Å²) in [6.45, 7) is 8.48. The molecule has 84 valence electrons. The average Bonchev–Trinajstić information content (AvgIpc) is 2.61. The molecule has 1 spiro atoms. The van der Waals surface area contributed by atoms with Gasteiger partial charge in [0.25, 0.3) is 0 Å². The standard InChI is InChI=1S/C13H21NO/c1-3-9-14-10-5-8-13(14)11(2)6-4-7-12(13)15/h2-10H2,1H3. The maximum Gasteiger partial charge on any atom is 0.157 e. The molecule has 2 heteroatoms. The number of rotatable bonds is 2. The quantitative estimate of drug-likeness (QED) is 0.649. The van der Waals surface area contributed by atoms with Crippen LogP contribution in [0.3, 0.4) is 0 Å². The highest BCUT2D eigenvalue weighted by Crippen LogP contribution is 2.42. The second kappa shape index (κ2) is 4.09. The molecule has 0 N–H and O–H groups in total. The van der Waals surface area contributed by atoms with Crippen LogP contribution in [0.1, 0.15) is 45.4 Å². The van der Waals surface area contributed by atoms with Crippen LogP contribution in [0.15, 0.2) is 12.2 Å². The average molecular weight is 207 g/mol. The number of ketones is 1. The van der Waals surface area contributed by atoms with Gasteiger partial charge in [-0.25, -0.2) is 0 Å². The van der Waals surface area contributed by atoms with E-state index in [-0.39, 0.29) is 5.54 Å². The van der Waals surface area contributed by atoms with Crippen molar-refractivity contribution >= 4 is 5.78 Å². The van der Waals surface area contributed by atoms with Crippen LogP contribution < -0.4 is 0 Å². The van der Waals surface area contributed by atoms with Gasteiger partial charge in [0.2, 0.25) is 0 Å². The number of carbonyl (C=O) groups excluding carboxylic acids is 1. The van der Waals surface area contributed by atoms with Crippen molar-refractivity contribution in [2.24, 2.45) is 0 Å². The van der Waals surface area contributed by atoms with Crippen LogP contribution in [-0.2, 0) is 4.79 Å². The Morgan fingerprint density at radius 1 is 1.40 bits per heavy atom. The topological polar surface area (TPSA) is 20.3 Å². The van der Waals surface area contributed by atoms with Gasteiger partial charge in [-0.05, 0) is 50.8 Å². The third-order valence-electron chi connectivity index (χ3n) is 3.93. The Hall–Kier alpha value is -0.630. The molecule has 15 heavy (non-hydrogen) atoms. The van der Waals surface area contributed by atoms with Gasteiger partial charge >= 0.3 is 0 Å². The second-order valence-electron chi connectivity index (χ2n) is 4.83. The van der Waals surface area contributed by atoms with Crippen molar-refractivity contribution in [3.05, 3.63) is 12.2 Å². The van der Waals surface area contributed by atoms with E-state index in [1.807, 2.05) is 0 Å². The molecule has 0 aromatic carbocycles. The smallest absolute Gasteiger partial charge is 0.157 e. The van der Waals surface area contributed by atoms with E-state index in [0.29, 0.717) is 5.78 Å². The molecule has 2 rings (SSSR count). The minimum absolute atomic E-state index is 0.242. The van der Waals surface area contributed by atoms with Crippen molar-refractivity contribution in [2.75, 3.05) is 13.1 Å². The second-order valence-corrected chi connectivity index (χ2v) is 4.83. The molecule has 2 aliphatic rings. The lowest BCUT2D eigenvalue weighted by molar-refractivity contribution is -0.129. The lowest BCUT2D eigenvalue weighted by Crippen LogP contribution is -2.53. The number of nitrogens with zero attached hydrogens (tertiary/aromatic N) is 1. The van der Waals surface area contributed by atoms with E-state index in [1.54, 1.807) is 0 Å². The predicted octanol–water partition coefficient (Wildman–Crippen LogP) is 2.54. The van der Waals surface area contributed by atoms with Crippen LogP contribution in [0.5, 0.6) is 0 Å². The summed E-state index contributed by atoms with van der Waals surface area (Å²) in [6, 6.07) is 0. The van der Waals surface area contributed by atoms with E-state index in [9.17, 15) is 4.79 Å². The highest BCUT2D eigenvalue weighted by molar-refractivity contribution is 5.93. The van der Waals surface area contributed by atoms with Gasteiger partial charge in [-0.1, -0.05) is 13.5 Å². The molecule has 1 aliphatic carbocycles. The summed E-state index contributed by atoms with van der Waals surface area (Å²) in [7, 11) is 0. The van der Waals surface area contributed by atoms with Gasteiger partial charge in [-0.15, -0.1) is 0 Å². The Morgan fingerprint density at radius 2 is 2.20 bits per heavy atom. The maximum atomic E-state index is 12.2. The van der Waals surface area contributed by atoms with Crippen molar-refractivity contribution in [1.29, 1.82) is 0 Å². The van der Waals surface area contributed by atoms with Crippen LogP contribution in [0.25, 0.3) is 0 Å². The van der Waals surface area contributed by atoms with Crippen molar-refractivity contribution in [3.63, 3.8) is 0 Å². The summed E-state index contributed by atoms with van der Waals surface area (Å²) in [5.41, 5.74) is 0.943. The molecular weight excluding hydrogens is 186 g/mol. The van der Waals surface area contributed by atoms with Crippen molar-refractivity contribution in [1.82, 2.24) is 4.90 Å². The fourth-order valence-electron chi connectivity index (χ4n) is 3.24. The molecule has 0 bridgehead atoms. The molecule has 1 heterocycles. The Kier molecular flexibility index (Phi) is 2.96. The predicted molar refractivity (Wildman–Crippen MR) is 61.8 cm³/mol. The zero-order chi connectivity index (χ0) is 10.9. The summed E-state index contributed by atoms with van der Waals surface area (Å²) in [6.07, 6.45) is 6.13. The van der Waals surface area contributed by atoms with E-state index < -0.39 is 0 Å². The minimum Gasteiger partial charge on any atom is -0.297 e. The number of Topliss-reactive ketones (excluding diaryl/α,β-unsaturated/α-hetero) is 1. The fraction of sp³-hybridized carbons (Fsp3) is 0.769. The zero-order valence-corrected chi connectivity index (χ0v) is 9.72. The lowest BCUT2D eigenvalue weighted by Gasteiger charge is -2.41. The third kappa shape index (κ3) is 1.55. The van der Waals surface area contributed by atoms with E-state index >= 15 is 0 Å². The molecule has 0 radical (unpaired) electrons. The molecule has 0 aromatic heterocycles. The number of likely N-dealkylation sites (tertiary alicyclic amines) is 1. The largest absolute Gasteiger partial charge is 0.297 e. The molecule has 2 fully saturated rings. The van der Waals surface area contributed by atoms with Gasteiger partial charge in [-0.3, -0.25) is 9.69 Å². The number of hydrogen-bond donors (Lipinski definition) is 0. The summed E-state index contributed by atoms with van der Waals surface area (Å²) < 4.78 is 0. The van der Waals surface area contributed by atoms with Gasteiger partial charge < -0.3 is 0 Å². The monoisotopic (exact) mass is 207 g/mol. The minimum atomic E-state index is -0.242. The van der Waals surface area contributed by atoms with Crippen LogP contribution in [-0.4, -0.2) is 29.3 Å². The first-order valence-electron chi connectivity index (χ1n) is 6.18. The Morgan fingerprint density at radius 3 is 2.87 bits per heavy atom. The zero-order valence-electron chi connectivity index (χ0n) is 9.72. The van der Waals surface area contributed by atoms with Gasteiger partial charge in [0, 0.05) is 6.42 Å². The molecule has 0 amide bonds. The van der Waals surface area contributed by atoms with Crippen molar-refractivity contribution in [3.8, 4) is 0 Å². The van der Waals surface area contributed by atoms with Crippen LogP contribution >= 0.6 is 0 Å². The molecule has 1 saturated heterocycles. The van der Waals surface area contributed by atoms with Gasteiger partial charge in [0.05, 0.1) is 0 Å². The number of carbonyl (C=O) groups is 1. The van der Waals surface area contributed by atoms with Crippen LogP contribution in [0, 0.1) is 0 Å². The van der Waals surface area contributed by atoms with E-state index in [2.05, 4.69) is 18.4 Å². The first kappa shape index (κ1) is 10.9. The lowest BCUT2D eigenvalue weighted by atomic mass is 9.75. The first-order valence-corrected chi connectivity index (χ1v) is 6.18. The summed E-state index contributed by atoms with van der Waals surface area (Å²) in [5, 5.41) is 0. The van der Waals surface area contributed by atoms with Gasteiger partial charge in [0.15, 0.2) is 5.78 Å². The van der Waals surface area contributed by atoms with Gasteiger partial charge in [0.1, 0.15) is 5.54 Å². The molecule has 1 aliphatic heterocycles. The van der Waals surface area contributed by atoms with E-state index in [0.717, 1.165) is 51.6 Å². The molecule has 0 aromatic rings. The molecule has 1 saturated carbocycles. The van der Waals surface area contributed by atoms with Crippen LogP contribution in [0.2, 0.25) is 0 Å². The maximum absolute atomic E-state index is 12.2. The summed E-state index contributed by atoms with van der Waals surface area (Å²) >= 11 is 0. The normalized spacial score (nSPS) is 32.9. The summed E-state index contributed by atoms with van der Waals surface area (Å²) in [4.78, 5) is 14.6. The Balaban J connectivity index is 2.27. The fourth-order valence-corrected chi connectivity index (χ4v) is 3.24. The van der Waals surface area contributed by atoms with E-state index in [4.69, 9.17) is 0 Å². The molecular formula is C13H21NO. The Labute approximate surface area is 92.3 Å². The molecule has 1 atom stereocenters. The highest BCUT2D eigenvalue weighted by atomic mass is 16.1. The number of hydrogen-bond acceptors (Lipinski definition) is 2. The Bertz CT molecular complexity index is 266. The van der Waals surface area contributed by atoms with E-state index in [1.165, 1.54) is 5.57 Å².